The highest BCUT2D eigenvalue weighted by molar-refractivity contribution is 7.21. The number of ketones is 1. The van der Waals surface area contributed by atoms with Crippen LogP contribution in [0.2, 0.25) is 0 Å². The fourth-order valence-corrected chi connectivity index (χ4v) is 5.20. The first-order valence-corrected chi connectivity index (χ1v) is 12.0. The molecule has 0 spiro atoms. The molecule has 182 valence electrons. The van der Waals surface area contributed by atoms with Crippen LogP contribution in [0.3, 0.4) is 0 Å². The number of benzene rings is 3. The van der Waals surface area contributed by atoms with E-state index in [0.717, 1.165) is 10.9 Å². The smallest absolute Gasteiger partial charge is 0.319 e. The number of esters is 1. The molecule has 1 aliphatic rings. The highest BCUT2D eigenvalue weighted by atomic mass is 32.1. The van der Waals surface area contributed by atoms with E-state index < -0.39 is 16.5 Å². The molecule has 7 nitrogen and oxygen atoms in total. The molecule has 1 saturated carbocycles. The zero-order chi connectivity index (χ0) is 25.4. The number of hydrogen-bond acceptors (Lipinski definition) is 7. The quantitative estimate of drug-likeness (QED) is 0.0938. The Bertz CT molecular complexity index is 1490. The average Bonchev–Trinajstić information content (AvgIpc) is 3.57. The van der Waals surface area contributed by atoms with E-state index >= 15 is 0 Å². The van der Waals surface area contributed by atoms with E-state index in [1.54, 1.807) is 42.5 Å². The second-order valence-electron chi connectivity index (χ2n) is 8.83. The number of halogens is 1. The van der Waals surface area contributed by atoms with Gasteiger partial charge in [0.1, 0.15) is 18.2 Å². The largest absolute Gasteiger partial charge is 0.426 e. The molecule has 36 heavy (non-hydrogen) atoms. The maximum Gasteiger partial charge on any atom is 0.319 e. The second kappa shape index (κ2) is 9.16. The fourth-order valence-electron chi connectivity index (χ4n) is 3.99. The Hall–Kier alpha value is -4.11. The predicted octanol–water partition coefficient (Wildman–Crippen LogP) is 6.14. The van der Waals surface area contributed by atoms with E-state index in [1.165, 1.54) is 23.5 Å². The molecule has 1 fully saturated rings. The van der Waals surface area contributed by atoms with Gasteiger partial charge in [0.2, 0.25) is 5.78 Å². The molecule has 0 amide bonds. The minimum absolute atomic E-state index is 0.164. The third-order valence-electron chi connectivity index (χ3n) is 6.26. The number of rotatable bonds is 8. The van der Waals surface area contributed by atoms with Crippen molar-refractivity contribution in [3.63, 3.8) is 0 Å². The summed E-state index contributed by atoms with van der Waals surface area (Å²) in [5.41, 5.74) is 1.92. The third kappa shape index (κ3) is 4.57. The van der Waals surface area contributed by atoms with Crippen LogP contribution in [-0.2, 0) is 9.63 Å². The summed E-state index contributed by atoms with van der Waals surface area (Å²) >= 11 is 1.26. The Morgan fingerprint density at radius 2 is 1.75 bits per heavy atom. The van der Waals surface area contributed by atoms with Crippen LogP contribution in [0.25, 0.3) is 21.2 Å². The Morgan fingerprint density at radius 1 is 1.06 bits per heavy atom. The van der Waals surface area contributed by atoms with Gasteiger partial charge in [0.05, 0.1) is 10.3 Å². The standard InChI is InChI=1S/C27H20FNO6S/c1-16-2-4-18(5-3-16)24(30)25-23(17-6-8-19(28)9-7-17)21-11-10-20(14-22(21)36-25)35-26(31)27(12-13-27)15-34-29(32)33/h2-11,14H,12-13,15H2,1H3. The first-order valence-electron chi connectivity index (χ1n) is 11.2. The zero-order valence-electron chi connectivity index (χ0n) is 19.2. The lowest BCUT2D eigenvalue weighted by atomic mass is 9.98. The molecule has 1 aliphatic carbocycles. The van der Waals surface area contributed by atoms with Gasteiger partial charge < -0.3 is 9.57 Å². The Morgan fingerprint density at radius 3 is 2.39 bits per heavy atom. The zero-order valence-corrected chi connectivity index (χ0v) is 20.0. The van der Waals surface area contributed by atoms with Gasteiger partial charge >= 0.3 is 5.97 Å². The lowest BCUT2D eigenvalue weighted by Crippen LogP contribution is -2.27. The molecular weight excluding hydrogens is 485 g/mol. The molecule has 3 aromatic carbocycles. The van der Waals surface area contributed by atoms with Crippen molar-refractivity contribution >= 4 is 33.2 Å². The lowest BCUT2D eigenvalue weighted by molar-refractivity contribution is -0.759. The molecule has 0 unspecified atom stereocenters. The van der Waals surface area contributed by atoms with Gasteiger partial charge in [0, 0.05) is 21.2 Å². The summed E-state index contributed by atoms with van der Waals surface area (Å²) < 4.78 is 19.9. The summed E-state index contributed by atoms with van der Waals surface area (Å²) in [6.07, 6.45) is 0.898. The molecule has 0 bridgehead atoms. The molecule has 5 rings (SSSR count). The van der Waals surface area contributed by atoms with Gasteiger partial charge in [-0.05, 0) is 55.7 Å². The molecule has 1 aromatic heterocycles. The molecule has 1 heterocycles. The van der Waals surface area contributed by atoms with Crippen LogP contribution in [0.1, 0.15) is 33.6 Å². The molecule has 0 atom stereocenters. The van der Waals surface area contributed by atoms with Crippen molar-refractivity contribution in [1.29, 1.82) is 0 Å². The van der Waals surface area contributed by atoms with Crippen LogP contribution < -0.4 is 4.74 Å². The van der Waals surface area contributed by atoms with Gasteiger partial charge in [0.15, 0.2) is 0 Å². The lowest BCUT2D eigenvalue weighted by Gasteiger charge is -2.13. The average molecular weight is 506 g/mol. The topological polar surface area (TPSA) is 95.7 Å². The highest BCUT2D eigenvalue weighted by Gasteiger charge is 2.52. The number of ether oxygens (including phenoxy) is 1. The van der Waals surface area contributed by atoms with Crippen LogP contribution in [0.4, 0.5) is 4.39 Å². The number of fused-ring (bicyclic) bond motifs is 1. The highest BCUT2D eigenvalue weighted by Crippen LogP contribution is 2.47. The van der Waals surface area contributed by atoms with E-state index in [2.05, 4.69) is 4.84 Å². The molecule has 4 aromatic rings. The number of carbonyl (C=O) groups excluding carboxylic acids is 2. The van der Waals surface area contributed by atoms with Crippen LogP contribution in [-0.4, -0.2) is 23.4 Å². The van der Waals surface area contributed by atoms with Crippen molar-refractivity contribution in [3.05, 3.63) is 98.7 Å². The van der Waals surface area contributed by atoms with Gasteiger partial charge in [-0.15, -0.1) is 21.5 Å². The molecule has 0 radical (unpaired) electrons. The third-order valence-corrected chi connectivity index (χ3v) is 7.41. The first kappa shape index (κ1) is 23.6. The van der Waals surface area contributed by atoms with E-state index in [9.17, 15) is 24.1 Å². The number of nitrogens with zero attached hydrogens (tertiary/aromatic N) is 1. The second-order valence-corrected chi connectivity index (χ2v) is 9.89. The molecular formula is C27H20FNO6S. The summed E-state index contributed by atoms with van der Waals surface area (Å²) in [4.78, 5) is 41.6. The van der Waals surface area contributed by atoms with Crippen molar-refractivity contribution in [3.8, 4) is 16.9 Å². The normalized spacial score (nSPS) is 13.8. The summed E-state index contributed by atoms with van der Waals surface area (Å²) in [6.45, 7) is 1.60. The van der Waals surface area contributed by atoms with Crippen molar-refractivity contribution in [2.24, 2.45) is 5.41 Å². The fraction of sp³-hybridized carbons (Fsp3) is 0.185. The van der Waals surface area contributed by atoms with Gasteiger partial charge in [-0.25, -0.2) is 4.39 Å². The maximum atomic E-state index is 13.6. The molecule has 0 saturated heterocycles. The van der Waals surface area contributed by atoms with E-state index in [0.29, 0.717) is 39.1 Å². The van der Waals surface area contributed by atoms with Crippen molar-refractivity contribution < 1.29 is 28.6 Å². The number of aryl methyl sites for hydroxylation is 1. The van der Waals surface area contributed by atoms with Crippen LogP contribution in [0, 0.1) is 28.3 Å². The molecule has 9 heteroatoms. The maximum absolute atomic E-state index is 13.6. The van der Waals surface area contributed by atoms with E-state index in [1.807, 2.05) is 19.1 Å². The van der Waals surface area contributed by atoms with Crippen molar-refractivity contribution in [1.82, 2.24) is 0 Å². The van der Waals surface area contributed by atoms with Crippen LogP contribution >= 0.6 is 11.3 Å². The molecule has 0 aliphatic heterocycles. The van der Waals surface area contributed by atoms with Gasteiger partial charge in [-0.1, -0.05) is 42.0 Å². The van der Waals surface area contributed by atoms with Gasteiger partial charge in [-0.2, -0.15) is 0 Å². The van der Waals surface area contributed by atoms with E-state index in [4.69, 9.17) is 4.74 Å². The van der Waals surface area contributed by atoms with Gasteiger partial charge in [0.25, 0.3) is 5.09 Å². The minimum atomic E-state index is -1.01. The predicted molar refractivity (Wildman–Crippen MR) is 132 cm³/mol. The summed E-state index contributed by atoms with van der Waals surface area (Å²) in [6, 6.07) is 18.3. The number of thiophene rings is 1. The summed E-state index contributed by atoms with van der Waals surface area (Å²) in [7, 11) is 0. The number of hydrogen-bond donors (Lipinski definition) is 0. The monoisotopic (exact) mass is 505 g/mol. The van der Waals surface area contributed by atoms with Crippen molar-refractivity contribution in [2.45, 2.75) is 19.8 Å². The van der Waals surface area contributed by atoms with Crippen molar-refractivity contribution in [2.75, 3.05) is 6.61 Å². The van der Waals surface area contributed by atoms with Gasteiger partial charge in [-0.3, -0.25) is 9.59 Å². The van der Waals surface area contributed by atoms with Crippen LogP contribution in [0.15, 0.2) is 66.7 Å². The SMILES string of the molecule is Cc1ccc(C(=O)c2sc3cc(OC(=O)C4(CO[N+](=O)[O-])CC4)ccc3c2-c2ccc(F)cc2)cc1. The summed E-state index contributed by atoms with van der Waals surface area (Å²) in [5, 5.41) is 10.4. The number of carbonyl (C=O) groups is 2. The summed E-state index contributed by atoms with van der Waals surface area (Å²) in [5.74, 6) is -0.868. The Labute approximate surface area is 209 Å². The van der Waals surface area contributed by atoms with Crippen LogP contribution in [0.5, 0.6) is 5.75 Å². The molecule has 0 N–H and O–H groups in total. The first-order chi connectivity index (χ1) is 17.3. The Balaban J connectivity index is 1.52. The Kier molecular flexibility index (Phi) is 6.01. The van der Waals surface area contributed by atoms with E-state index in [-0.39, 0.29) is 24.0 Å². The minimum Gasteiger partial charge on any atom is -0.426 e.